The third kappa shape index (κ3) is 8.72. The second-order valence-electron chi connectivity index (χ2n) is 9.85. The molecule has 1 fully saturated rings. The van der Waals surface area contributed by atoms with Gasteiger partial charge in [-0.25, -0.2) is 14.8 Å². The molecule has 0 radical (unpaired) electrons. The van der Waals surface area contributed by atoms with Gasteiger partial charge in [-0.1, -0.05) is 31.7 Å². The summed E-state index contributed by atoms with van der Waals surface area (Å²) in [5.41, 5.74) is 2.70. The van der Waals surface area contributed by atoms with Crippen molar-refractivity contribution in [1.82, 2.24) is 24.0 Å². The summed E-state index contributed by atoms with van der Waals surface area (Å²) in [6, 6.07) is 8.19. The minimum absolute atomic E-state index is 0. The highest BCUT2D eigenvalue weighted by atomic mass is 16.6. The van der Waals surface area contributed by atoms with E-state index < -0.39 is 5.60 Å². The number of aromatic nitrogens is 4. The fraction of sp³-hybridized carbons (Fsp3) is 0.536. The lowest BCUT2D eigenvalue weighted by Gasteiger charge is -2.30. The molecule has 0 bridgehead atoms. The van der Waals surface area contributed by atoms with Crippen molar-refractivity contribution in [3.8, 4) is 11.3 Å². The van der Waals surface area contributed by atoms with Crippen molar-refractivity contribution in [1.29, 1.82) is 0 Å². The van der Waals surface area contributed by atoms with Crippen LogP contribution in [0.3, 0.4) is 0 Å². The second kappa shape index (κ2) is 14.5. The number of aliphatic hydroxyl groups excluding tert-OH is 2. The molecule has 4 rings (SSSR count). The van der Waals surface area contributed by atoms with Crippen LogP contribution in [-0.2, 0) is 17.8 Å². The molecule has 1 aliphatic rings. The summed E-state index contributed by atoms with van der Waals surface area (Å²) in [6.45, 7) is 8.35. The number of carbonyl (C=O) groups excluding carboxylic acids is 1. The number of ether oxygens (including phenoxy) is 1. The van der Waals surface area contributed by atoms with Crippen LogP contribution in [0.2, 0.25) is 0 Å². The maximum atomic E-state index is 12.7. The standard InChI is InChI=1S/C21H29N3O3.C6H10N2O.CH4/c1-21(2,3)27-20(26)24-12-6-10-18(24)16-8-4-5-9-17(16)19-14-22-15-23(19)11-7-13-25;9-5-1-3-8-4-2-7-6-8;/h4-5,8-9,14-15,18,25H,6-7,10-13H2,1-3H3;2,4,6,9H,1,3,5H2;1H4. The summed E-state index contributed by atoms with van der Waals surface area (Å²) in [7, 11) is 0. The van der Waals surface area contributed by atoms with Gasteiger partial charge in [0.05, 0.1) is 30.6 Å². The number of imidazole rings is 2. The molecule has 2 aromatic heterocycles. The molecule has 1 saturated heterocycles. The summed E-state index contributed by atoms with van der Waals surface area (Å²) in [4.78, 5) is 22.7. The van der Waals surface area contributed by atoms with E-state index in [1.807, 2.05) is 54.8 Å². The Labute approximate surface area is 220 Å². The number of benzene rings is 1. The average molecular weight is 514 g/mol. The number of aryl methyl sites for hydroxylation is 2. The molecule has 1 amide bonds. The van der Waals surface area contributed by atoms with E-state index in [2.05, 4.69) is 26.7 Å². The summed E-state index contributed by atoms with van der Waals surface area (Å²) in [5, 5.41) is 17.6. The highest BCUT2D eigenvalue weighted by molar-refractivity contribution is 5.71. The van der Waals surface area contributed by atoms with Crippen LogP contribution in [0, 0.1) is 0 Å². The minimum Gasteiger partial charge on any atom is -0.444 e. The van der Waals surface area contributed by atoms with Crippen LogP contribution in [0.5, 0.6) is 0 Å². The Hall–Kier alpha value is -3.17. The topological polar surface area (TPSA) is 106 Å². The van der Waals surface area contributed by atoms with Crippen LogP contribution in [0.1, 0.15) is 65.5 Å². The molecule has 0 spiro atoms. The zero-order chi connectivity index (χ0) is 26.0. The molecule has 9 heteroatoms. The molecule has 1 aliphatic heterocycles. The van der Waals surface area contributed by atoms with Gasteiger partial charge < -0.3 is 29.0 Å². The normalized spacial score (nSPS) is 15.1. The number of nitrogens with zero attached hydrogens (tertiary/aromatic N) is 5. The van der Waals surface area contributed by atoms with Crippen molar-refractivity contribution in [2.24, 2.45) is 0 Å². The van der Waals surface area contributed by atoms with Crippen LogP contribution < -0.4 is 0 Å². The highest BCUT2D eigenvalue weighted by Crippen LogP contribution is 2.38. The third-order valence-corrected chi connectivity index (χ3v) is 5.88. The van der Waals surface area contributed by atoms with E-state index in [0.717, 1.165) is 42.6 Å². The van der Waals surface area contributed by atoms with Gasteiger partial charge in [-0.3, -0.25) is 0 Å². The van der Waals surface area contributed by atoms with E-state index in [9.17, 15) is 4.79 Å². The van der Waals surface area contributed by atoms with Crippen molar-refractivity contribution in [3.05, 3.63) is 61.1 Å². The quantitative estimate of drug-likeness (QED) is 0.444. The van der Waals surface area contributed by atoms with Gasteiger partial charge in [-0.15, -0.1) is 0 Å². The molecule has 0 aliphatic carbocycles. The summed E-state index contributed by atoms with van der Waals surface area (Å²) in [6.07, 6.45) is 12.1. The summed E-state index contributed by atoms with van der Waals surface area (Å²) in [5.74, 6) is 0. The van der Waals surface area contributed by atoms with E-state index >= 15 is 0 Å². The second-order valence-corrected chi connectivity index (χ2v) is 9.85. The van der Waals surface area contributed by atoms with Crippen LogP contribution in [0.15, 0.2) is 55.5 Å². The first-order valence-electron chi connectivity index (χ1n) is 12.6. The van der Waals surface area contributed by atoms with Gasteiger partial charge in [0.25, 0.3) is 0 Å². The Bertz CT molecular complexity index is 1060. The van der Waals surface area contributed by atoms with Crippen molar-refractivity contribution < 1.29 is 19.7 Å². The van der Waals surface area contributed by atoms with E-state index in [1.54, 1.807) is 18.9 Å². The summed E-state index contributed by atoms with van der Waals surface area (Å²) >= 11 is 0. The number of carbonyl (C=O) groups is 1. The first kappa shape index (κ1) is 30.1. The molecule has 1 atom stereocenters. The van der Waals surface area contributed by atoms with E-state index in [1.165, 1.54) is 0 Å². The molecule has 0 saturated carbocycles. The molecule has 37 heavy (non-hydrogen) atoms. The van der Waals surface area contributed by atoms with Crippen LogP contribution in [0.4, 0.5) is 4.79 Å². The largest absolute Gasteiger partial charge is 0.444 e. The highest BCUT2D eigenvalue weighted by Gasteiger charge is 2.34. The number of hydrogen-bond acceptors (Lipinski definition) is 6. The first-order chi connectivity index (χ1) is 17.3. The number of hydrogen-bond donors (Lipinski definition) is 2. The molecule has 1 unspecified atom stereocenters. The third-order valence-electron chi connectivity index (χ3n) is 5.88. The SMILES string of the molecule is C.CC(C)(C)OC(=O)N1CCCC1c1ccccc1-c1cncn1CCCO.OCCCn1ccnc1. The predicted octanol–water partition coefficient (Wildman–Crippen LogP) is 4.91. The van der Waals surface area contributed by atoms with Crippen molar-refractivity contribution in [3.63, 3.8) is 0 Å². The smallest absolute Gasteiger partial charge is 0.410 e. The number of rotatable bonds is 8. The lowest BCUT2D eigenvalue weighted by atomic mass is 9.96. The average Bonchev–Trinajstić information content (AvgIpc) is 3.62. The minimum atomic E-state index is -0.507. The lowest BCUT2D eigenvalue weighted by Crippen LogP contribution is -2.36. The molecule has 3 heterocycles. The molecular weight excluding hydrogens is 470 g/mol. The fourth-order valence-corrected chi connectivity index (χ4v) is 4.29. The maximum absolute atomic E-state index is 12.7. The molecule has 9 nitrogen and oxygen atoms in total. The predicted molar refractivity (Wildman–Crippen MR) is 145 cm³/mol. The Balaban J connectivity index is 0.000000408. The van der Waals surface area contributed by atoms with Crippen LogP contribution >= 0.6 is 0 Å². The zero-order valence-electron chi connectivity index (χ0n) is 21.6. The number of likely N-dealkylation sites (tertiary alicyclic amines) is 1. The lowest BCUT2D eigenvalue weighted by molar-refractivity contribution is 0.0225. The van der Waals surface area contributed by atoms with Crippen molar-refractivity contribution in [2.45, 2.75) is 78.6 Å². The molecule has 204 valence electrons. The van der Waals surface area contributed by atoms with Crippen molar-refractivity contribution in [2.75, 3.05) is 19.8 Å². The Morgan fingerprint density at radius 2 is 1.81 bits per heavy atom. The van der Waals surface area contributed by atoms with Gasteiger partial charge in [0.15, 0.2) is 0 Å². The maximum Gasteiger partial charge on any atom is 0.410 e. The van der Waals surface area contributed by atoms with E-state index in [-0.39, 0.29) is 32.8 Å². The summed E-state index contributed by atoms with van der Waals surface area (Å²) < 4.78 is 9.62. The van der Waals surface area contributed by atoms with E-state index in [4.69, 9.17) is 14.9 Å². The van der Waals surface area contributed by atoms with Gasteiger partial charge >= 0.3 is 6.09 Å². The van der Waals surface area contributed by atoms with Crippen LogP contribution in [-0.4, -0.2) is 65.7 Å². The van der Waals surface area contributed by atoms with Crippen molar-refractivity contribution >= 4 is 6.09 Å². The monoisotopic (exact) mass is 513 g/mol. The van der Waals surface area contributed by atoms with Gasteiger partial charge in [0.2, 0.25) is 0 Å². The first-order valence-corrected chi connectivity index (χ1v) is 12.6. The van der Waals surface area contributed by atoms with Gasteiger partial charge in [0, 0.05) is 50.8 Å². The van der Waals surface area contributed by atoms with Gasteiger partial charge in [-0.05, 0) is 52.0 Å². The fourth-order valence-electron chi connectivity index (χ4n) is 4.29. The Kier molecular flexibility index (Phi) is 11.8. The van der Waals surface area contributed by atoms with Gasteiger partial charge in [-0.2, -0.15) is 0 Å². The Morgan fingerprint density at radius 3 is 2.49 bits per heavy atom. The van der Waals surface area contributed by atoms with Gasteiger partial charge in [0.1, 0.15) is 5.60 Å². The number of amides is 1. The van der Waals surface area contributed by atoms with Crippen LogP contribution in [0.25, 0.3) is 11.3 Å². The molecule has 1 aromatic carbocycles. The number of aliphatic hydroxyl groups is 2. The molecule has 2 N–H and O–H groups in total. The molecular formula is C28H43N5O4. The molecule has 3 aromatic rings. The van der Waals surface area contributed by atoms with E-state index in [0.29, 0.717) is 19.5 Å². The Morgan fingerprint density at radius 1 is 1.08 bits per heavy atom. The zero-order valence-corrected chi connectivity index (χ0v) is 21.6.